The van der Waals surface area contributed by atoms with Crippen LogP contribution in [-0.2, 0) is 6.61 Å². The molecule has 0 heterocycles. The second-order valence-electron chi connectivity index (χ2n) is 6.64. The summed E-state index contributed by atoms with van der Waals surface area (Å²) in [6.07, 6.45) is 0. The summed E-state index contributed by atoms with van der Waals surface area (Å²) in [5.41, 5.74) is 7.75. The molecule has 0 saturated carbocycles. The molecule has 0 unspecified atom stereocenters. The fraction of sp³-hybridized carbons (Fsp3) is 0.400. The van der Waals surface area contributed by atoms with Crippen LogP contribution < -0.4 is 19.9 Å². The maximum Gasteiger partial charge on any atom is 0.164 e. The van der Waals surface area contributed by atoms with Crippen LogP contribution in [0.1, 0.15) is 31.0 Å². The molecule has 2 aromatic carbocycles. The molecule has 6 heteroatoms. The Balaban J connectivity index is 0.00000338. The standard InChI is InChI=1S/C20H27NO4.ClH/c1-20(2,13-22)19(21)15-10-17(23-3)18(24-4)11-16(15)25-12-14-8-6-5-7-9-14;/h5-11,19,22H,12-13,21H2,1-4H3;1H/t19-;/m1./s1. The van der Waals surface area contributed by atoms with Gasteiger partial charge < -0.3 is 25.1 Å². The molecule has 0 bridgehead atoms. The van der Waals surface area contributed by atoms with Gasteiger partial charge in [-0.25, -0.2) is 0 Å². The summed E-state index contributed by atoms with van der Waals surface area (Å²) in [5.74, 6) is 1.77. The van der Waals surface area contributed by atoms with E-state index in [-0.39, 0.29) is 19.0 Å². The summed E-state index contributed by atoms with van der Waals surface area (Å²) >= 11 is 0. The molecule has 2 aromatic rings. The maximum absolute atomic E-state index is 9.68. The van der Waals surface area contributed by atoms with Gasteiger partial charge in [0.2, 0.25) is 0 Å². The Morgan fingerprint density at radius 3 is 2.12 bits per heavy atom. The molecular weight excluding hydrogens is 354 g/mol. The summed E-state index contributed by atoms with van der Waals surface area (Å²) < 4.78 is 16.8. The fourth-order valence-electron chi connectivity index (χ4n) is 2.50. The van der Waals surface area contributed by atoms with Crippen molar-refractivity contribution in [3.63, 3.8) is 0 Å². The predicted molar refractivity (Wildman–Crippen MR) is 105 cm³/mol. The molecule has 0 amide bonds. The van der Waals surface area contributed by atoms with Crippen LogP contribution >= 0.6 is 12.4 Å². The van der Waals surface area contributed by atoms with Gasteiger partial charge in [0.15, 0.2) is 11.5 Å². The number of benzene rings is 2. The van der Waals surface area contributed by atoms with E-state index in [1.807, 2.05) is 50.2 Å². The first-order chi connectivity index (χ1) is 11.9. The molecule has 0 radical (unpaired) electrons. The number of rotatable bonds is 8. The molecular formula is C20H28ClNO4. The zero-order valence-electron chi connectivity index (χ0n) is 15.7. The van der Waals surface area contributed by atoms with Gasteiger partial charge >= 0.3 is 0 Å². The quantitative estimate of drug-likeness (QED) is 0.728. The van der Waals surface area contributed by atoms with Gasteiger partial charge in [-0.1, -0.05) is 44.2 Å². The second-order valence-corrected chi connectivity index (χ2v) is 6.64. The highest BCUT2D eigenvalue weighted by Gasteiger charge is 2.30. The minimum atomic E-state index is -0.509. The van der Waals surface area contributed by atoms with E-state index in [0.717, 1.165) is 11.1 Å². The highest BCUT2D eigenvalue weighted by molar-refractivity contribution is 5.85. The minimum absolute atomic E-state index is 0. The smallest absolute Gasteiger partial charge is 0.164 e. The monoisotopic (exact) mass is 381 g/mol. The molecule has 2 rings (SSSR count). The first-order valence-electron chi connectivity index (χ1n) is 8.22. The molecule has 0 saturated heterocycles. The van der Waals surface area contributed by atoms with E-state index in [4.69, 9.17) is 19.9 Å². The second kappa shape index (κ2) is 9.67. The van der Waals surface area contributed by atoms with Crippen molar-refractivity contribution < 1.29 is 19.3 Å². The van der Waals surface area contributed by atoms with Gasteiger partial charge in [0.05, 0.1) is 14.2 Å². The molecule has 1 atom stereocenters. The third-order valence-corrected chi connectivity index (χ3v) is 4.34. The Labute approximate surface area is 161 Å². The van der Waals surface area contributed by atoms with Crippen molar-refractivity contribution >= 4 is 12.4 Å². The minimum Gasteiger partial charge on any atom is -0.493 e. The zero-order valence-corrected chi connectivity index (χ0v) is 16.5. The largest absolute Gasteiger partial charge is 0.493 e. The molecule has 0 fully saturated rings. The van der Waals surface area contributed by atoms with Gasteiger partial charge in [-0.15, -0.1) is 12.4 Å². The predicted octanol–water partition coefficient (Wildman–Crippen LogP) is 3.72. The zero-order chi connectivity index (χ0) is 18.4. The summed E-state index contributed by atoms with van der Waals surface area (Å²) in [6, 6.07) is 13.1. The summed E-state index contributed by atoms with van der Waals surface area (Å²) in [7, 11) is 3.16. The van der Waals surface area contributed by atoms with Gasteiger partial charge in [-0.2, -0.15) is 0 Å². The van der Waals surface area contributed by atoms with Crippen molar-refractivity contribution in [2.75, 3.05) is 20.8 Å². The van der Waals surface area contributed by atoms with E-state index in [2.05, 4.69) is 0 Å². The van der Waals surface area contributed by atoms with Crippen molar-refractivity contribution in [2.24, 2.45) is 11.1 Å². The van der Waals surface area contributed by atoms with Gasteiger partial charge in [0.25, 0.3) is 0 Å². The summed E-state index contributed by atoms with van der Waals surface area (Å²) in [6.45, 7) is 4.20. The Morgan fingerprint density at radius 1 is 1.00 bits per heavy atom. The number of aliphatic hydroxyl groups is 1. The van der Waals surface area contributed by atoms with Gasteiger partial charge in [-0.3, -0.25) is 0 Å². The number of methoxy groups -OCH3 is 2. The molecule has 0 aliphatic rings. The van der Waals surface area contributed by atoms with Crippen LogP contribution in [0.2, 0.25) is 0 Å². The first-order valence-corrected chi connectivity index (χ1v) is 8.22. The van der Waals surface area contributed by atoms with Gasteiger partial charge in [0, 0.05) is 29.7 Å². The average Bonchev–Trinajstić information content (AvgIpc) is 2.65. The highest BCUT2D eigenvalue weighted by atomic mass is 35.5. The van der Waals surface area contributed by atoms with E-state index in [1.54, 1.807) is 20.3 Å². The number of hydrogen-bond acceptors (Lipinski definition) is 5. The van der Waals surface area contributed by atoms with Crippen molar-refractivity contribution in [3.05, 3.63) is 53.6 Å². The third kappa shape index (κ3) is 5.04. The number of aliphatic hydroxyl groups excluding tert-OH is 1. The van der Waals surface area contributed by atoms with E-state index in [1.165, 1.54) is 0 Å². The van der Waals surface area contributed by atoms with Crippen LogP contribution in [-0.4, -0.2) is 25.9 Å². The SMILES string of the molecule is COc1cc(OCc2ccccc2)c([C@@H](N)C(C)(C)CO)cc1OC.Cl. The fourth-order valence-corrected chi connectivity index (χ4v) is 2.50. The molecule has 0 aromatic heterocycles. The van der Waals surface area contributed by atoms with Crippen LogP contribution in [0.15, 0.2) is 42.5 Å². The molecule has 0 spiro atoms. The van der Waals surface area contributed by atoms with Gasteiger partial charge in [-0.05, 0) is 11.6 Å². The average molecular weight is 382 g/mol. The Morgan fingerprint density at radius 2 is 1.58 bits per heavy atom. The van der Waals surface area contributed by atoms with Crippen molar-refractivity contribution in [3.8, 4) is 17.2 Å². The van der Waals surface area contributed by atoms with Crippen LogP contribution in [0.5, 0.6) is 17.2 Å². The molecule has 144 valence electrons. The highest BCUT2D eigenvalue weighted by Crippen LogP contribution is 2.42. The van der Waals surface area contributed by atoms with Crippen LogP contribution in [0, 0.1) is 5.41 Å². The van der Waals surface area contributed by atoms with Crippen LogP contribution in [0.4, 0.5) is 0 Å². The Bertz CT molecular complexity index is 692. The lowest BCUT2D eigenvalue weighted by atomic mass is 9.81. The maximum atomic E-state index is 9.68. The van der Waals surface area contributed by atoms with Crippen molar-refractivity contribution in [1.82, 2.24) is 0 Å². The van der Waals surface area contributed by atoms with E-state index >= 15 is 0 Å². The van der Waals surface area contributed by atoms with E-state index in [0.29, 0.717) is 23.9 Å². The Kier molecular flexibility index (Phi) is 8.21. The number of hydrogen-bond donors (Lipinski definition) is 2. The third-order valence-electron chi connectivity index (χ3n) is 4.34. The lowest BCUT2D eigenvalue weighted by Crippen LogP contribution is -2.32. The van der Waals surface area contributed by atoms with Gasteiger partial charge in [0.1, 0.15) is 12.4 Å². The molecule has 0 aliphatic carbocycles. The lowest BCUT2D eigenvalue weighted by molar-refractivity contribution is 0.130. The summed E-state index contributed by atoms with van der Waals surface area (Å²) in [4.78, 5) is 0. The van der Waals surface area contributed by atoms with Crippen molar-refractivity contribution in [2.45, 2.75) is 26.5 Å². The number of halogens is 1. The molecule has 5 nitrogen and oxygen atoms in total. The van der Waals surface area contributed by atoms with Crippen LogP contribution in [0.3, 0.4) is 0 Å². The lowest BCUT2D eigenvalue weighted by Gasteiger charge is -2.31. The van der Waals surface area contributed by atoms with E-state index in [9.17, 15) is 5.11 Å². The number of nitrogens with two attached hydrogens (primary N) is 1. The molecule has 3 N–H and O–H groups in total. The van der Waals surface area contributed by atoms with Crippen LogP contribution in [0.25, 0.3) is 0 Å². The molecule has 0 aliphatic heterocycles. The summed E-state index contributed by atoms with van der Waals surface area (Å²) in [5, 5.41) is 9.68. The van der Waals surface area contributed by atoms with E-state index < -0.39 is 11.5 Å². The first kappa shape index (κ1) is 22.1. The Hall–Kier alpha value is -1.95. The normalized spacial score (nSPS) is 12.1. The molecule has 26 heavy (non-hydrogen) atoms. The number of ether oxygens (including phenoxy) is 3. The topological polar surface area (TPSA) is 73.9 Å². The van der Waals surface area contributed by atoms with Crippen molar-refractivity contribution in [1.29, 1.82) is 0 Å².